The Hall–Kier alpha value is -4.53. The maximum atomic E-state index is 14.3. The standard InChI is InChI=1S/C36H32NO3P/c1-2-15-34(36(39)40-30-26-24-29(25-27-30)37-35(38)28-16-7-3-8-17-28)41(31-18-9-4-10-19-31,32-20-11-5-12-21-32)33-22-13-6-14-23-33/h3-14,16-27,34H,2,15H2,1H3/p+1. The van der Waals surface area contributed by atoms with Gasteiger partial charge in [-0.1, -0.05) is 86.1 Å². The van der Waals surface area contributed by atoms with E-state index in [1.165, 1.54) is 0 Å². The molecule has 41 heavy (non-hydrogen) atoms. The summed E-state index contributed by atoms with van der Waals surface area (Å²) < 4.78 is 6.12. The molecule has 0 radical (unpaired) electrons. The quantitative estimate of drug-likeness (QED) is 0.114. The van der Waals surface area contributed by atoms with Gasteiger partial charge in [0.25, 0.3) is 5.91 Å². The molecule has 5 aromatic rings. The zero-order valence-corrected chi connectivity index (χ0v) is 23.9. The molecule has 0 aromatic heterocycles. The topological polar surface area (TPSA) is 55.4 Å². The van der Waals surface area contributed by atoms with Gasteiger partial charge in [-0.15, -0.1) is 0 Å². The molecular weight excluding hydrogens is 525 g/mol. The summed E-state index contributed by atoms with van der Waals surface area (Å²) in [6.07, 6.45) is 1.51. The largest absolute Gasteiger partial charge is 0.424 e. The second-order valence-corrected chi connectivity index (χ2v) is 13.4. The maximum absolute atomic E-state index is 14.3. The van der Waals surface area contributed by atoms with E-state index in [9.17, 15) is 9.59 Å². The molecule has 0 saturated carbocycles. The smallest absolute Gasteiger partial charge is 0.353 e. The van der Waals surface area contributed by atoms with Crippen LogP contribution in [0.25, 0.3) is 0 Å². The van der Waals surface area contributed by atoms with E-state index in [0.29, 0.717) is 23.4 Å². The minimum Gasteiger partial charge on any atom is -0.424 e. The molecule has 0 saturated heterocycles. The third kappa shape index (κ3) is 6.14. The van der Waals surface area contributed by atoms with E-state index in [2.05, 4.69) is 48.6 Å². The molecule has 0 aliphatic heterocycles. The van der Waals surface area contributed by atoms with Crippen LogP contribution in [-0.2, 0) is 4.79 Å². The number of hydrogen-bond acceptors (Lipinski definition) is 3. The molecule has 4 nitrogen and oxygen atoms in total. The van der Waals surface area contributed by atoms with Gasteiger partial charge in [-0.25, -0.2) is 4.79 Å². The molecule has 1 atom stereocenters. The normalized spacial score (nSPS) is 11.8. The Morgan fingerprint density at radius 1 is 0.634 bits per heavy atom. The van der Waals surface area contributed by atoms with E-state index in [1.807, 2.05) is 72.8 Å². The summed E-state index contributed by atoms with van der Waals surface area (Å²) in [4.78, 5) is 26.8. The summed E-state index contributed by atoms with van der Waals surface area (Å²) in [5.74, 6) is 0.000401. The number of amides is 1. The van der Waals surface area contributed by atoms with Gasteiger partial charge in [-0.3, -0.25) is 4.79 Å². The van der Waals surface area contributed by atoms with Gasteiger partial charge in [0.1, 0.15) is 28.9 Å². The maximum Gasteiger partial charge on any atom is 0.353 e. The van der Waals surface area contributed by atoms with Gasteiger partial charge < -0.3 is 10.1 Å². The Morgan fingerprint density at radius 2 is 1.07 bits per heavy atom. The molecule has 0 aliphatic carbocycles. The van der Waals surface area contributed by atoms with E-state index in [-0.39, 0.29) is 11.9 Å². The zero-order valence-electron chi connectivity index (χ0n) is 23.0. The van der Waals surface area contributed by atoms with Gasteiger partial charge in [0.05, 0.1) is 0 Å². The van der Waals surface area contributed by atoms with Gasteiger partial charge in [-0.2, -0.15) is 0 Å². The highest BCUT2D eigenvalue weighted by Crippen LogP contribution is 2.61. The summed E-state index contributed by atoms with van der Waals surface area (Å²) in [7, 11) is -2.47. The number of rotatable bonds is 10. The molecule has 0 aliphatic rings. The van der Waals surface area contributed by atoms with Gasteiger partial charge in [-0.05, 0) is 79.2 Å². The van der Waals surface area contributed by atoms with Crippen LogP contribution >= 0.6 is 7.26 Å². The third-order valence-electron chi connectivity index (χ3n) is 7.16. The molecular formula is C36H33NO3P+. The Kier molecular flexibility index (Phi) is 9.03. The van der Waals surface area contributed by atoms with E-state index in [1.54, 1.807) is 36.4 Å². The number of anilines is 1. The van der Waals surface area contributed by atoms with Crippen molar-refractivity contribution in [2.24, 2.45) is 0 Å². The van der Waals surface area contributed by atoms with Crippen molar-refractivity contribution in [2.75, 3.05) is 5.32 Å². The average molecular weight is 559 g/mol. The van der Waals surface area contributed by atoms with Gasteiger partial charge >= 0.3 is 5.97 Å². The molecule has 204 valence electrons. The van der Waals surface area contributed by atoms with Gasteiger partial charge in [0.2, 0.25) is 0 Å². The van der Waals surface area contributed by atoms with E-state index < -0.39 is 12.9 Å². The van der Waals surface area contributed by atoms with Crippen molar-refractivity contribution in [1.82, 2.24) is 0 Å². The molecule has 5 aromatic carbocycles. The van der Waals surface area contributed by atoms with Gasteiger partial charge in [0.15, 0.2) is 5.66 Å². The van der Waals surface area contributed by atoms with Crippen molar-refractivity contribution in [1.29, 1.82) is 0 Å². The van der Waals surface area contributed by atoms with Gasteiger partial charge in [0, 0.05) is 11.3 Å². The third-order valence-corrected chi connectivity index (χ3v) is 11.9. The highest BCUT2D eigenvalue weighted by atomic mass is 31.2. The molecule has 5 rings (SSSR count). The van der Waals surface area contributed by atoms with Crippen LogP contribution in [0.3, 0.4) is 0 Å². The first-order chi connectivity index (χ1) is 20.1. The lowest BCUT2D eigenvalue weighted by Gasteiger charge is -2.33. The lowest BCUT2D eigenvalue weighted by atomic mass is 10.2. The van der Waals surface area contributed by atoms with E-state index in [4.69, 9.17) is 4.74 Å². The first-order valence-corrected chi connectivity index (χ1v) is 15.7. The van der Waals surface area contributed by atoms with Crippen LogP contribution in [0, 0.1) is 0 Å². The SMILES string of the molecule is CCCC(C(=O)Oc1ccc(NC(=O)c2ccccc2)cc1)[P+](c1ccccc1)(c1ccccc1)c1ccccc1. The monoisotopic (exact) mass is 558 g/mol. The van der Waals surface area contributed by atoms with Crippen LogP contribution < -0.4 is 26.0 Å². The summed E-state index contributed by atoms with van der Waals surface area (Å²) in [6, 6.07) is 47.2. The van der Waals surface area contributed by atoms with Crippen LogP contribution in [0.2, 0.25) is 0 Å². The molecule has 1 unspecified atom stereocenters. The Bertz CT molecular complexity index is 1460. The fourth-order valence-electron chi connectivity index (χ4n) is 5.30. The van der Waals surface area contributed by atoms with Crippen molar-refractivity contribution < 1.29 is 14.3 Å². The fourth-order valence-corrected chi connectivity index (χ4v) is 10.2. The lowest BCUT2D eigenvalue weighted by molar-refractivity contribution is -0.134. The Balaban J connectivity index is 1.50. The van der Waals surface area contributed by atoms with E-state index in [0.717, 1.165) is 22.3 Å². The number of carbonyl (C=O) groups excluding carboxylic acids is 2. The number of hydrogen-bond donors (Lipinski definition) is 1. The summed E-state index contributed by atoms with van der Waals surface area (Å²) in [5, 5.41) is 6.33. The minimum atomic E-state index is -2.47. The molecule has 1 N–H and O–H groups in total. The second kappa shape index (κ2) is 13.2. The first kappa shape index (κ1) is 28.0. The number of ether oxygens (including phenoxy) is 1. The number of esters is 1. The molecule has 0 heterocycles. The van der Waals surface area contributed by atoms with Crippen molar-refractivity contribution >= 4 is 40.7 Å². The van der Waals surface area contributed by atoms with Crippen molar-refractivity contribution in [2.45, 2.75) is 25.4 Å². The van der Waals surface area contributed by atoms with Crippen LogP contribution in [0.4, 0.5) is 5.69 Å². The van der Waals surface area contributed by atoms with Crippen LogP contribution in [0.5, 0.6) is 5.75 Å². The van der Waals surface area contributed by atoms with Crippen LogP contribution in [0.1, 0.15) is 30.1 Å². The average Bonchev–Trinajstić information content (AvgIpc) is 3.04. The number of carbonyl (C=O) groups is 2. The van der Waals surface area contributed by atoms with Crippen molar-refractivity contribution in [3.63, 3.8) is 0 Å². The molecule has 5 heteroatoms. The van der Waals surface area contributed by atoms with E-state index >= 15 is 0 Å². The van der Waals surface area contributed by atoms with Crippen molar-refractivity contribution in [3.05, 3.63) is 151 Å². The predicted molar refractivity (Wildman–Crippen MR) is 170 cm³/mol. The molecule has 0 bridgehead atoms. The predicted octanol–water partition coefficient (Wildman–Crippen LogP) is 7.01. The summed E-state index contributed by atoms with van der Waals surface area (Å²) >= 11 is 0. The molecule has 0 fully saturated rings. The highest BCUT2D eigenvalue weighted by Gasteiger charge is 2.56. The number of benzene rings is 5. The van der Waals surface area contributed by atoms with Crippen LogP contribution in [0.15, 0.2) is 146 Å². The first-order valence-electron chi connectivity index (χ1n) is 13.9. The van der Waals surface area contributed by atoms with Crippen molar-refractivity contribution in [3.8, 4) is 5.75 Å². The summed E-state index contributed by atoms with van der Waals surface area (Å²) in [6.45, 7) is 2.11. The highest BCUT2D eigenvalue weighted by molar-refractivity contribution is 7.96. The second-order valence-electron chi connectivity index (χ2n) is 9.80. The molecule has 1 amide bonds. The summed E-state index contributed by atoms with van der Waals surface area (Å²) in [5.41, 5.74) is 0.814. The van der Waals surface area contributed by atoms with Crippen LogP contribution in [-0.4, -0.2) is 17.5 Å². The Morgan fingerprint density at radius 3 is 1.51 bits per heavy atom. The zero-order chi connectivity index (χ0) is 28.5. The number of nitrogens with one attached hydrogen (secondary N) is 1. The molecule has 0 spiro atoms. The fraction of sp³-hybridized carbons (Fsp3) is 0.111. The minimum absolute atomic E-state index is 0.193. The lowest BCUT2D eigenvalue weighted by Crippen LogP contribution is -2.43. The Labute approximate surface area is 242 Å².